The summed E-state index contributed by atoms with van der Waals surface area (Å²) in [4.78, 5) is 23.5. The zero-order valence-electron chi connectivity index (χ0n) is 10.1. The summed E-state index contributed by atoms with van der Waals surface area (Å²) < 4.78 is 0. The molecule has 0 fully saturated rings. The highest BCUT2D eigenvalue weighted by Crippen LogP contribution is 2.11. The fourth-order valence-corrected chi connectivity index (χ4v) is 1.66. The largest absolute Gasteiger partial charge is 0.480 e. The third-order valence-electron chi connectivity index (χ3n) is 2.64. The second-order valence-electron chi connectivity index (χ2n) is 3.94. The molecule has 0 radical (unpaired) electrons. The molecular formula is C13H17NO3. The first-order valence-corrected chi connectivity index (χ1v) is 5.57. The van der Waals surface area contributed by atoms with Crippen LogP contribution < -0.4 is 0 Å². The van der Waals surface area contributed by atoms with E-state index in [1.807, 2.05) is 31.2 Å². The van der Waals surface area contributed by atoms with E-state index in [-0.39, 0.29) is 18.9 Å². The topological polar surface area (TPSA) is 57.6 Å². The van der Waals surface area contributed by atoms with Gasteiger partial charge in [0.05, 0.1) is 6.42 Å². The number of carbonyl (C=O) groups excluding carboxylic acids is 1. The predicted octanol–water partition coefficient (Wildman–Crippen LogP) is 1.33. The normalized spacial score (nSPS) is 10.0. The summed E-state index contributed by atoms with van der Waals surface area (Å²) in [6.07, 6.45) is 1.12. The second kappa shape index (κ2) is 6.03. The van der Waals surface area contributed by atoms with E-state index < -0.39 is 5.97 Å². The minimum Gasteiger partial charge on any atom is -0.480 e. The van der Waals surface area contributed by atoms with E-state index in [0.717, 1.165) is 17.5 Å². The van der Waals surface area contributed by atoms with Crippen molar-refractivity contribution in [2.75, 3.05) is 13.6 Å². The van der Waals surface area contributed by atoms with E-state index in [2.05, 4.69) is 0 Å². The number of carbonyl (C=O) groups is 2. The number of hydrogen-bond donors (Lipinski definition) is 1. The Labute approximate surface area is 101 Å². The molecule has 1 N–H and O–H groups in total. The molecule has 0 aliphatic carbocycles. The number of amides is 1. The Bertz CT molecular complexity index is 415. The van der Waals surface area contributed by atoms with Gasteiger partial charge in [-0.15, -0.1) is 0 Å². The summed E-state index contributed by atoms with van der Waals surface area (Å²) in [5.41, 5.74) is 2.10. The zero-order chi connectivity index (χ0) is 12.8. The van der Waals surface area contributed by atoms with Crippen LogP contribution in [0.5, 0.6) is 0 Å². The summed E-state index contributed by atoms with van der Waals surface area (Å²) in [6.45, 7) is 1.78. The van der Waals surface area contributed by atoms with Gasteiger partial charge >= 0.3 is 5.97 Å². The van der Waals surface area contributed by atoms with Gasteiger partial charge < -0.3 is 10.0 Å². The maximum absolute atomic E-state index is 11.8. The second-order valence-corrected chi connectivity index (χ2v) is 3.94. The monoisotopic (exact) mass is 235 g/mol. The van der Waals surface area contributed by atoms with Crippen LogP contribution in [0.25, 0.3) is 0 Å². The molecule has 0 unspecified atom stereocenters. The molecule has 0 saturated heterocycles. The predicted molar refractivity (Wildman–Crippen MR) is 64.8 cm³/mol. The molecule has 0 aromatic heterocycles. The molecule has 1 rings (SSSR count). The van der Waals surface area contributed by atoms with Crippen LogP contribution >= 0.6 is 0 Å². The molecule has 1 aromatic carbocycles. The molecule has 17 heavy (non-hydrogen) atoms. The Balaban J connectivity index is 2.70. The molecule has 0 bridgehead atoms. The van der Waals surface area contributed by atoms with Gasteiger partial charge in [0, 0.05) is 7.05 Å². The first-order chi connectivity index (χ1) is 8.04. The molecule has 1 amide bonds. The molecule has 92 valence electrons. The number of carboxylic acids is 1. The average Bonchev–Trinajstić information content (AvgIpc) is 2.28. The van der Waals surface area contributed by atoms with E-state index in [0.29, 0.717) is 0 Å². The van der Waals surface area contributed by atoms with E-state index >= 15 is 0 Å². The van der Waals surface area contributed by atoms with Gasteiger partial charge in [-0.2, -0.15) is 0 Å². The standard InChI is InChI=1S/C13H17NO3/c1-3-10-6-4-5-7-11(10)8-12(15)14(2)9-13(16)17/h4-7H,3,8-9H2,1-2H3,(H,16,17). The van der Waals surface area contributed by atoms with Crippen LogP contribution in [0.15, 0.2) is 24.3 Å². The fraction of sp³-hybridized carbons (Fsp3) is 0.385. The first kappa shape index (κ1) is 13.2. The molecular weight excluding hydrogens is 218 g/mol. The lowest BCUT2D eigenvalue weighted by molar-refractivity contribution is -0.143. The van der Waals surface area contributed by atoms with Crippen molar-refractivity contribution in [1.82, 2.24) is 4.90 Å². The number of nitrogens with zero attached hydrogens (tertiary/aromatic N) is 1. The molecule has 0 atom stereocenters. The summed E-state index contributed by atoms with van der Waals surface area (Å²) in [5, 5.41) is 8.61. The van der Waals surface area contributed by atoms with Crippen molar-refractivity contribution >= 4 is 11.9 Å². The molecule has 0 aliphatic rings. The van der Waals surface area contributed by atoms with Crippen molar-refractivity contribution in [1.29, 1.82) is 0 Å². The van der Waals surface area contributed by atoms with E-state index in [9.17, 15) is 9.59 Å². The van der Waals surface area contributed by atoms with Crippen molar-refractivity contribution < 1.29 is 14.7 Å². The van der Waals surface area contributed by atoms with Gasteiger partial charge in [-0.05, 0) is 17.5 Å². The van der Waals surface area contributed by atoms with Crippen LogP contribution in [0.2, 0.25) is 0 Å². The Morgan fingerprint density at radius 1 is 1.24 bits per heavy atom. The van der Waals surface area contributed by atoms with Gasteiger partial charge in [0.1, 0.15) is 6.54 Å². The lowest BCUT2D eigenvalue weighted by Crippen LogP contribution is -2.33. The zero-order valence-corrected chi connectivity index (χ0v) is 10.1. The highest BCUT2D eigenvalue weighted by Gasteiger charge is 2.13. The van der Waals surface area contributed by atoms with Gasteiger partial charge in [-0.3, -0.25) is 9.59 Å². The maximum atomic E-state index is 11.8. The molecule has 0 heterocycles. The van der Waals surface area contributed by atoms with Gasteiger partial charge in [0.15, 0.2) is 0 Å². The number of rotatable bonds is 5. The van der Waals surface area contributed by atoms with Crippen molar-refractivity contribution in [3.63, 3.8) is 0 Å². The van der Waals surface area contributed by atoms with E-state index in [4.69, 9.17) is 5.11 Å². The van der Waals surface area contributed by atoms with Crippen molar-refractivity contribution in [2.24, 2.45) is 0 Å². The smallest absolute Gasteiger partial charge is 0.323 e. The van der Waals surface area contributed by atoms with E-state index in [1.165, 1.54) is 11.9 Å². The number of likely N-dealkylation sites (N-methyl/N-ethyl adjacent to an activating group) is 1. The minimum atomic E-state index is -0.996. The summed E-state index contributed by atoms with van der Waals surface area (Å²) >= 11 is 0. The van der Waals surface area contributed by atoms with Crippen molar-refractivity contribution in [3.8, 4) is 0 Å². The van der Waals surface area contributed by atoms with Crippen LogP contribution in [0.4, 0.5) is 0 Å². The number of aryl methyl sites for hydroxylation is 1. The van der Waals surface area contributed by atoms with Crippen LogP contribution in [0.3, 0.4) is 0 Å². The molecule has 4 nitrogen and oxygen atoms in total. The van der Waals surface area contributed by atoms with Crippen LogP contribution in [-0.4, -0.2) is 35.5 Å². The molecule has 0 aliphatic heterocycles. The SMILES string of the molecule is CCc1ccccc1CC(=O)N(C)CC(=O)O. The Hall–Kier alpha value is -1.84. The minimum absolute atomic E-state index is 0.173. The Morgan fingerprint density at radius 3 is 2.35 bits per heavy atom. The third-order valence-corrected chi connectivity index (χ3v) is 2.64. The average molecular weight is 235 g/mol. The Morgan fingerprint density at radius 2 is 1.82 bits per heavy atom. The van der Waals surface area contributed by atoms with Gasteiger partial charge in [-0.1, -0.05) is 31.2 Å². The molecule has 0 saturated carbocycles. The summed E-state index contributed by atoms with van der Waals surface area (Å²) in [5.74, 6) is -1.17. The lowest BCUT2D eigenvalue weighted by atomic mass is 10.0. The number of carboxylic acid groups (broad SMARTS) is 1. The molecule has 1 aromatic rings. The number of aliphatic carboxylic acids is 1. The van der Waals surface area contributed by atoms with Gasteiger partial charge in [-0.25, -0.2) is 0 Å². The highest BCUT2D eigenvalue weighted by atomic mass is 16.4. The van der Waals surface area contributed by atoms with Crippen LogP contribution in [0, 0.1) is 0 Å². The van der Waals surface area contributed by atoms with E-state index in [1.54, 1.807) is 0 Å². The van der Waals surface area contributed by atoms with Crippen molar-refractivity contribution in [3.05, 3.63) is 35.4 Å². The molecule has 4 heteroatoms. The number of hydrogen-bond acceptors (Lipinski definition) is 2. The summed E-state index contributed by atoms with van der Waals surface area (Å²) in [6, 6.07) is 7.72. The fourth-order valence-electron chi connectivity index (χ4n) is 1.66. The molecule has 0 spiro atoms. The number of benzene rings is 1. The van der Waals surface area contributed by atoms with Crippen LogP contribution in [-0.2, 0) is 22.4 Å². The third kappa shape index (κ3) is 3.90. The van der Waals surface area contributed by atoms with Crippen LogP contribution in [0.1, 0.15) is 18.1 Å². The quantitative estimate of drug-likeness (QED) is 0.837. The highest BCUT2D eigenvalue weighted by molar-refractivity contribution is 5.82. The lowest BCUT2D eigenvalue weighted by Gasteiger charge is -2.15. The Kier molecular flexibility index (Phi) is 4.69. The summed E-state index contributed by atoms with van der Waals surface area (Å²) in [7, 11) is 1.50. The van der Waals surface area contributed by atoms with Crippen molar-refractivity contribution in [2.45, 2.75) is 19.8 Å². The van der Waals surface area contributed by atoms with Gasteiger partial charge in [0.25, 0.3) is 0 Å². The maximum Gasteiger partial charge on any atom is 0.323 e. The van der Waals surface area contributed by atoms with Gasteiger partial charge in [0.2, 0.25) is 5.91 Å². The first-order valence-electron chi connectivity index (χ1n) is 5.57.